The van der Waals surface area contributed by atoms with Gasteiger partial charge in [0.25, 0.3) is 5.91 Å². The number of hydrogen-bond donors (Lipinski definition) is 2. The molecule has 4 aromatic rings. The van der Waals surface area contributed by atoms with Crippen LogP contribution < -0.4 is 10.6 Å². The van der Waals surface area contributed by atoms with Crippen LogP contribution in [0.2, 0.25) is 0 Å². The lowest BCUT2D eigenvalue weighted by atomic mass is 10.0. The number of aryl methyl sites for hydroxylation is 1. The van der Waals surface area contributed by atoms with E-state index in [1.54, 1.807) is 6.07 Å². The van der Waals surface area contributed by atoms with Gasteiger partial charge in [-0.05, 0) is 47.9 Å². The van der Waals surface area contributed by atoms with Gasteiger partial charge in [0.2, 0.25) is 5.91 Å². The van der Waals surface area contributed by atoms with E-state index in [9.17, 15) is 9.59 Å². The van der Waals surface area contributed by atoms with Crippen molar-refractivity contribution in [1.82, 2.24) is 20.1 Å². The molecule has 7 nitrogen and oxygen atoms in total. The van der Waals surface area contributed by atoms with Crippen LogP contribution in [0.3, 0.4) is 0 Å². The number of anilines is 1. The Morgan fingerprint density at radius 3 is 2.49 bits per heavy atom. The van der Waals surface area contributed by atoms with Crippen LogP contribution in [0.25, 0.3) is 10.8 Å². The standard InChI is InChI=1S/C27H29N5O2S/c1-17(2)24(29-26(34)21-11-7-8-18(3)14-21)25-30-31-27(32(25)4)35-16-23(33)28-22-13-12-19-9-5-6-10-20(19)15-22/h5-15,17,24H,16H2,1-4H3,(H,28,33)(H,29,34)/t24-/m0/s1. The van der Waals surface area contributed by atoms with Crippen molar-refractivity contribution in [3.63, 3.8) is 0 Å². The molecule has 1 atom stereocenters. The normalized spacial score (nSPS) is 12.0. The van der Waals surface area contributed by atoms with Crippen LogP contribution in [0.5, 0.6) is 0 Å². The number of fused-ring (bicyclic) bond motifs is 1. The maximum Gasteiger partial charge on any atom is 0.251 e. The number of nitrogens with zero attached hydrogens (tertiary/aromatic N) is 3. The highest BCUT2D eigenvalue weighted by Crippen LogP contribution is 2.25. The Hall–Kier alpha value is -3.65. The maximum atomic E-state index is 12.8. The number of thioether (sulfide) groups is 1. The first kappa shape index (κ1) is 24.5. The number of carbonyl (C=O) groups is 2. The Labute approximate surface area is 209 Å². The Bertz CT molecular complexity index is 1360. The molecular formula is C27H29N5O2S. The number of rotatable bonds is 8. The van der Waals surface area contributed by atoms with E-state index in [1.165, 1.54) is 11.8 Å². The summed E-state index contributed by atoms with van der Waals surface area (Å²) in [6, 6.07) is 21.0. The fourth-order valence-electron chi connectivity index (χ4n) is 3.86. The summed E-state index contributed by atoms with van der Waals surface area (Å²) < 4.78 is 1.84. The monoisotopic (exact) mass is 487 g/mol. The highest BCUT2D eigenvalue weighted by molar-refractivity contribution is 7.99. The molecule has 1 heterocycles. The summed E-state index contributed by atoms with van der Waals surface area (Å²) in [6.45, 7) is 6.01. The van der Waals surface area contributed by atoms with E-state index in [-0.39, 0.29) is 29.5 Å². The van der Waals surface area contributed by atoms with Crippen LogP contribution in [0.4, 0.5) is 5.69 Å². The molecule has 180 valence electrons. The van der Waals surface area contributed by atoms with Gasteiger partial charge in [0.1, 0.15) is 0 Å². The van der Waals surface area contributed by atoms with Crippen LogP contribution in [0, 0.1) is 12.8 Å². The molecule has 0 saturated carbocycles. The van der Waals surface area contributed by atoms with E-state index < -0.39 is 0 Å². The Kier molecular flexibility index (Phi) is 7.51. The minimum atomic E-state index is -0.318. The average Bonchev–Trinajstić information content (AvgIpc) is 3.20. The third-order valence-corrected chi connectivity index (χ3v) is 6.77. The summed E-state index contributed by atoms with van der Waals surface area (Å²) in [7, 11) is 1.85. The predicted molar refractivity (Wildman–Crippen MR) is 141 cm³/mol. The van der Waals surface area contributed by atoms with Crippen molar-refractivity contribution in [2.24, 2.45) is 13.0 Å². The van der Waals surface area contributed by atoms with Crippen molar-refractivity contribution in [1.29, 1.82) is 0 Å². The summed E-state index contributed by atoms with van der Waals surface area (Å²) in [6.07, 6.45) is 0. The van der Waals surface area contributed by atoms with Crippen molar-refractivity contribution in [2.45, 2.75) is 32.0 Å². The van der Waals surface area contributed by atoms with Crippen molar-refractivity contribution in [3.05, 3.63) is 83.7 Å². The topological polar surface area (TPSA) is 88.9 Å². The fraction of sp³-hybridized carbons (Fsp3) is 0.259. The molecule has 0 unspecified atom stereocenters. The lowest BCUT2D eigenvalue weighted by molar-refractivity contribution is -0.113. The summed E-state index contributed by atoms with van der Waals surface area (Å²) in [5.74, 6) is 0.669. The van der Waals surface area contributed by atoms with E-state index >= 15 is 0 Å². The molecule has 0 aliphatic rings. The van der Waals surface area contributed by atoms with Crippen LogP contribution in [0.1, 0.15) is 41.6 Å². The largest absolute Gasteiger partial charge is 0.342 e. The molecule has 0 aliphatic carbocycles. The minimum absolute atomic E-state index is 0.0979. The number of nitrogens with one attached hydrogen (secondary N) is 2. The summed E-state index contributed by atoms with van der Waals surface area (Å²) >= 11 is 1.31. The molecule has 0 spiro atoms. The quantitative estimate of drug-likeness (QED) is 0.336. The lowest BCUT2D eigenvalue weighted by Crippen LogP contribution is -2.33. The Morgan fingerprint density at radius 2 is 1.74 bits per heavy atom. The molecule has 2 amide bonds. The third-order valence-electron chi connectivity index (χ3n) is 5.75. The minimum Gasteiger partial charge on any atom is -0.342 e. The Morgan fingerprint density at radius 1 is 0.971 bits per heavy atom. The highest BCUT2D eigenvalue weighted by Gasteiger charge is 2.25. The zero-order chi connectivity index (χ0) is 24.9. The first-order valence-electron chi connectivity index (χ1n) is 11.5. The summed E-state index contributed by atoms with van der Waals surface area (Å²) in [5.41, 5.74) is 2.39. The predicted octanol–water partition coefficient (Wildman–Crippen LogP) is 5.13. The molecule has 0 fully saturated rings. The van der Waals surface area contributed by atoms with Gasteiger partial charge in [0.15, 0.2) is 11.0 Å². The van der Waals surface area contributed by atoms with Crippen LogP contribution in [-0.2, 0) is 11.8 Å². The summed E-state index contributed by atoms with van der Waals surface area (Å²) in [5, 5.41) is 17.5. The molecular weight excluding hydrogens is 458 g/mol. The number of amides is 2. The molecule has 8 heteroatoms. The lowest BCUT2D eigenvalue weighted by Gasteiger charge is -2.21. The number of carbonyl (C=O) groups excluding carboxylic acids is 2. The molecule has 0 bridgehead atoms. The van der Waals surface area contributed by atoms with E-state index in [2.05, 4.69) is 20.8 Å². The smallest absolute Gasteiger partial charge is 0.251 e. The first-order valence-corrected chi connectivity index (χ1v) is 12.5. The third kappa shape index (κ3) is 5.89. The van der Waals surface area contributed by atoms with Crippen molar-refractivity contribution in [3.8, 4) is 0 Å². The van der Waals surface area contributed by atoms with Gasteiger partial charge in [0, 0.05) is 18.3 Å². The molecule has 2 N–H and O–H groups in total. The molecule has 0 aliphatic heterocycles. The van der Waals surface area contributed by atoms with Crippen molar-refractivity contribution in [2.75, 3.05) is 11.1 Å². The van der Waals surface area contributed by atoms with Crippen molar-refractivity contribution < 1.29 is 9.59 Å². The highest BCUT2D eigenvalue weighted by atomic mass is 32.2. The van der Waals surface area contributed by atoms with E-state index in [0.717, 1.165) is 22.0 Å². The first-order chi connectivity index (χ1) is 16.8. The molecule has 1 aromatic heterocycles. The van der Waals surface area contributed by atoms with Gasteiger partial charge in [-0.15, -0.1) is 10.2 Å². The average molecular weight is 488 g/mol. The molecule has 35 heavy (non-hydrogen) atoms. The molecule has 0 radical (unpaired) electrons. The van der Waals surface area contributed by atoms with E-state index in [4.69, 9.17) is 0 Å². The molecule has 3 aromatic carbocycles. The van der Waals surface area contributed by atoms with Gasteiger partial charge < -0.3 is 15.2 Å². The van der Waals surface area contributed by atoms with Crippen molar-refractivity contribution >= 4 is 40.0 Å². The number of benzene rings is 3. The SMILES string of the molecule is Cc1cccc(C(=O)N[C@H](c2nnc(SCC(=O)Nc3ccc4ccccc4c3)n2C)C(C)C)c1. The zero-order valence-electron chi connectivity index (χ0n) is 20.3. The second-order valence-corrected chi connectivity index (χ2v) is 9.81. The molecule has 0 saturated heterocycles. The zero-order valence-corrected chi connectivity index (χ0v) is 21.1. The Balaban J connectivity index is 1.41. The van der Waals surface area contributed by atoms with Crippen LogP contribution in [-0.4, -0.2) is 32.3 Å². The second-order valence-electron chi connectivity index (χ2n) is 8.86. The van der Waals surface area contributed by atoms with Gasteiger partial charge >= 0.3 is 0 Å². The van der Waals surface area contributed by atoms with Crippen LogP contribution >= 0.6 is 11.8 Å². The fourth-order valence-corrected chi connectivity index (χ4v) is 4.58. The van der Waals surface area contributed by atoms with Gasteiger partial charge in [-0.25, -0.2) is 0 Å². The van der Waals surface area contributed by atoms with Gasteiger partial charge in [0.05, 0.1) is 11.8 Å². The van der Waals surface area contributed by atoms with E-state index in [1.807, 2.05) is 93.0 Å². The maximum absolute atomic E-state index is 12.8. The molecule has 4 rings (SSSR count). The van der Waals surface area contributed by atoms with Gasteiger partial charge in [-0.2, -0.15) is 0 Å². The van der Waals surface area contributed by atoms with Gasteiger partial charge in [-0.1, -0.05) is 73.6 Å². The van der Waals surface area contributed by atoms with Gasteiger partial charge in [-0.3, -0.25) is 9.59 Å². The number of hydrogen-bond acceptors (Lipinski definition) is 5. The summed E-state index contributed by atoms with van der Waals surface area (Å²) in [4.78, 5) is 25.4. The van der Waals surface area contributed by atoms with Crippen LogP contribution in [0.15, 0.2) is 71.9 Å². The van der Waals surface area contributed by atoms with E-state index in [0.29, 0.717) is 16.5 Å². The number of aromatic nitrogens is 3. The second kappa shape index (κ2) is 10.7.